The molecule has 1 amide bonds. The van der Waals surface area contributed by atoms with Crippen molar-refractivity contribution < 1.29 is 19.2 Å². The second-order valence-electron chi connectivity index (χ2n) is 14.7. The lowest BCUT2D eigenvalue weighted by molar-refractivity contribution is -0.136. The summed E-state index contributed by atoms with van der Waals surface area (Å²) in [6, 6.07) is 4.34. The second-order valence-corrected chi connectivity index (χ2v) is 15.9. The highest BCUT2D eigenvalue weighted by Gasteiger charge is 2.57. The maximum absolute atomic E-state index is 13.0. The maximum atomic E-state index is 13.0. The molecule has 1 aliphatic heterocycles. The Bertz CT molecular complexity index is 1440. The molecule has 0 bridgehead atoms. The van der Waals surface area contributed by atoms with Crippen LogP contribution in [0.3, 0.4) is 0 Å². The van der Waals surface area contributed by atoms with Gasteiger partial charge in [-0.15, -0.1) is 11.3 Å². The molecule has 8 nitrogen and oxygen atoms in total. The molecule has 3 fully saturated rings. The summed E-state index contributed by atoms with van der Waals surface area (Å²) in [5, 5.41) is 11.5. The highest BCUT2D eigenvalue weighted by molar-refractivity contribution is 7.15. The van der Waals surface area contributed by atoms with E-state index < -0.39 is 0 Å². The number of ether oxygens (including phenoxy) is 1. The molecule has 2 N–H and O–H groups in total. The van der Waals surface area contributed by atoms with E-state index in [2.05, 4.69) is 60.6 Å². The van der Waals surface area contributed by atoms with Crippen LogP contribution in [0.25, 0.3) is 0 Å². The molecule has 4 aliphatic rings. The molecule has 2 saturated carbocycles. The highest BCUT2D eigenvalue weighted by Crippen LogP contribution is 2.63. The minimum Gasteiger partial charge on any atom is -0.425 e. The van der Waals surface area contributed by atoms with Crippen LogP contribution in [0.2, 0.25) is 0 Å². The van der Waals surface area contributed by atoms with Gasteiger partial charge in [0.2, 0.25) is 5.91 Å². The number of nitrogens with one attached hydrogen (secondary N) is 2. The van der Waals surface area contributed by atoms with Crippen molar-refractivity contribution in [3.63, 3.8) is 0 Å². The largest absolute Gasteiger partial charge is 0.425 e. The standard InChI is InChI=1S/C35H48N4O4S/c1-20-19-37-33(44-20)38-30(40)12-10-22-17-29(39-42-6)35(5)14-13-23-24(31(22)35)11-9-21-16-28(26(18-25(21)23)34(2,3)4)43-32(41)27-8-7-15-36-27/h16,18-19,22-24,27,31,36H,7-15,17H2,1-6H3,(H,37,38,40)/b39-29+/t22-,23?,24?,27+,31?,35-/m1/s1. The van der Waals surface area contributed by atoms with Crippen molar-refractivity contribution in [2.75, 3.05) is 19.0 Å². The molecule has 1 saturated heterocycles. The Labute approximate surface area is 265 Å². The fourth-order valence-corrected chi connectivity index (χ4v) is 9.52. The third-order valence-electron chi connectivity index (χ3n) is 10.9. The zero-order valence-corrected chi connectivity index (χ0v) is 27.9. The maximum Gasteiger partial charge on any atom is 0.328 e. The molecule has 6 atom stereocenters. The number of oxime groups is 1. The van der Waals surface area contributed by atoms with Gasteiger partial charge >= 0.3 is 5.97 Å². The van der Waals surface area contributed by atoms with Crippen LogP contribution in [0.1, 0.15) is 107 Å². The Morgan fingerprint density at radius 3 is 2.73 bits per heavy atom. The number of carbonyl (C=O) groups is 2. The van der Waals surface area contributed by atoms with E-state index in [4.69, 9.17) is 9.57 Å². The van der Waals surface area contributed by atoms with Gasteiger partial charge < -0.3 is 20.2 Å². The van der Waals surface area contributed by atoms with Gasteiger partial charge in [-0.3, -0.25) is 4.79 Å². The van der Waals surface area contributed by atoms with E-state index in [1.807, 2.05) is 6.92 Å². The average Bonchev–Trinajstić information content (AvgIpc) is 3.71. The van der Waals surface area contributed by atoms with E-state index >= 15 is 0 Å². The topological polar surface area (TPSA) is 102 Å². The summed E-state index contributed by atoms with van der Waals surface area (Å²) in [5.74, 6) is 2.34. The summed E-state index contributed by atoms with van der Waals surface area (Å²) < 4.78 is 6.13. The van der Waals surface area contributed by atoms with E-state index in [0.29, 0.717) is 35.2 Å². The van der Waals surface area contributed by atoms with Crippen molar-refractivity contribution in [3.8, 4) is 5.75 Å². The van der Waals surface area contributed by atoms with Gasteiger partial charge in [0.25, 0.3) is 0 Å². The van der Waals surface area contributed by atoms with Gasteiger partial charge in [0.1, 0.15) is 18.9 Å². The molecule has 0 spiro atoms. The predicted octanol–water partition coefficient (Wildman–Crippen LogP) is 6.91. The third kappa shape index (κ3) is 5.94. The molecular weight excluding hydrogens is 572 g/mol. The van der Waals surface area contributed by atoms with Crippen molar-refractivity contribution >= 4 is 34.1 Å². The SMILES string of the molecule is CO/N=C1\C[C@@H](CCC(=O)Nc2ncc(C)s2)C2C3CCc4cc(OC(=O)[C@@H]5CCCN5)c(C(C)(C)C)cc4C3CC[C@]12C. The fourth-order valence-electron chi connectivity index (χ4n) is 8.84. The molecule has 9 heteroatoms. The number of aromatic nitrogens is 1. The van der Waals surface area contributed by atoms with Gasteiger partial charge in [0.05, 0.1) is 5.71 Å². The summed E-state index contributed by atoms with van der Waals surface area (Å²) in [7, 11) is 1.64. The number of hydrogen-bond donors (Lipinski definition) is 2. The Balaban J connectivity index is 1.27. The number of aryl methyl sites for hydroxylation is 2. The van der Waals surface area contributed by atoms with E-state index in [-0.39, 0.29) is 28.7 Å². The van der Waals surface area contributed by atoms with Gasteiger partial charge in [-0.2, -0.15) is 0 Å². The number of esters is 1. The number of benzene rings is 1. The quantitative estimate of drug-likeness (QED) is 0.198. The van der Waals surface area contributed by atoms with Gasteiger partial charge in [0, 0.05) is 28.5 Å². The van der Waals surface area contributed by atoms with Gasteiger partial charge in [-0.05, 0) is 111 Å². The van der Waals surface area contributed by atoms with Crippen molar-refractivity contribution in [3.05, 3.63) is 39.9 Å². The van der Waals surface area contributed by atoms with E-state index in [1.165, 1.54) is 22.5 Å². The van der Waals surface area contributed by atoms with Crippen molar-refractivity contribution in [2.45, 2.75) is 110 Å². The summed E-state index contributed by atoms with van der Waals surface area (Å²) in [6.45, 7) is 11.9. The number of nitrogens with zero attached hydrogens (tertiary/aromatic N) is 2. The highest BCUT2D eigenvalue weighted by atomic mass is 32.1. The van der Waals surface area contributed by atoms with Crippen LogP contribution in [0.5, 0.6) is 5.75 Å². The van der Waals surface area contributed by atoms with Gasteiger partial charge in [0.15, 0.2) is 5.13 Å². The molecule has 3 unspecified atom stereocenters. The third-order valence-corrected chi connectivity index (χ3v) is 11.7. The zero-order valence-electron chi connectivity index (χ0n) is 27.1. The lowest BCUT2D eigenvalue weighted by Crippen LogP contribution is -2.44. The smallest absolute Gasteiger partial charge is 0.328 e. The number of rotatable bonds is 7. The number of fused-ring (bicyclic) bond motifs is 5. The Kier molecular flexibility index (Phi) is 8.65. The number of carbonyl (C=O) groups excluding carboxylic acids is 2. The van der Waals surface area contributed by atoms with E-state index in [9.17, 15) is 9.59 Å². The van der Waals surface area contributed by atoms with E-state index in [1.54, 1.807) is 13.3 Å². The first kappa shape index (κ1) is 31.2. The van der Waals surface area contributed by atoms with Crippen LogP contribution in [-0.4, -0.2) is 42.3 Å². The minimum atomic E-state index is -0.214. The number of amides is 1. The van der Waals surface area contributed by atoms with Crippen molar-refractivity contribution in [1.82, 2.24) is 10.3 Å². The van der Waals surface area contributed by atoms with Crippen LogP contribution in [-0.2, 0) is 26.3 Å². The second kappa shape index (κ2) is 12.2. The monoisotopic (exact) mass is 620 g/mol. The van der Waals surface area contributed by atoms with Crippen LogP contribution in [0.4, 0.5) is 5.13 Å². The molecule has 3 aliphatic carbocycles. The predicted molar refractivity (Wildman–Crippen MR) is 174 cm³/mol. The summed E-state index contributed by atoms with van der Waals surface area (Å²) in [5.41, 5.74) is 4.83. The molecule has 2 aromatic rings. The molecule has 238 valence electrons. The van der Waals surface area contributed by atoms with Crippen molar-refractivity contribution in [1.29, 1.82) is 0 Å². The summed E-state index contributed by atoms with van der Waals surface area (Å²) >= 11 is 1.51. The Morgan fingerprint density at radius 1 is 1.23 bits per heavy atom. The van der Waals surface area contributed by atoms with Gasteiger partial charge in [-0.1, -0.05) is 38.9 Å². The molecule has 6 rings (SSSR count). The van der Waals surface area contributed by atoms with Crippen LogP contribution >= 0.6 is 11.3 Å². The minimum absolute atomic E-state index is 0.0289. The van der Waals surface area contributed by atoms with Crippen LogP contribution < -0.4 is 15.4 Å². The molecular formula is C35H48N4O4S. The molecule has 1 aromatic carbocycles. The van der Waals surface area contributed by atoms with Crippen LogP contribution in [0, 0.1) is 30.1 Å². The normalized spacial score (nSPS) is 30.4. The van der Waals surface area contributed by atoms with Crippen LogP contribution in [0.15, 0.2) is 23.5 Å². The lowest BCUT2D eigenvalue weighted by atomic mass is 9.53. The number of thiazole rings is 1. The summed E-state index contributed by atoms with van der Waals surface area (Å²) in [4.78, 5) is 36.8. The molecule has 1 aromatic heterocycles. The van der Waals surface area contributed by atoms with Crippen molar-refractivity contribution in [2.24, 2.45) is 28.3 Å². The zero-order chi connectivity index (χ0) is 31.2. The Morgan fingerprint density at radius 2 is 2.05 bits per heavy atom. The lowest BCUT2D eigenvalue weighted by Gasteiger charge is -2.50. The fraction of sp³-hybridized carbons (Fsp3) is 0.657. The molecule has 2 heterocycles. The molecule has 44 heavy (non-hydrogen) atoms. The first-order valence-corrected chi connectivity index (χ1v) is 17.2. The Hall–Kier alpha value is -2.78. The first-order valence-electron chi connectivity index (χ1n) is 16.4. The first-order chi connectivity index (χ1) is 21.0. The molecule has 0 radical (unpaired) electrons. The van der Waals surface area contributed by atoms with Gasteiger partial charge in [-0.25, -0.2) is 9.78 Å². The number of hydrogen-bond acceptors (Lipinski definition) is 8. The van der Waals surface area contributed by atoms with E-state index in [0.717, 1.165) is 79.8 Å². The average molecular weight is 621 g/mol. The number of anilines is 1. The summed E-state index contributed by atoms with van der Waals surface area (Å²) in [6.07, 6.45) is 10.0.